The van der Waals surface area contributed by atoms with E-state index in [-0.39, 0.29) is 5.69 Å². The third-order valence-electron chi connectivity index (χ3n) is 5.33. The molecular formula is C26H22Br2N4O3. The monoisotopic (exact) mass is 596 g/mol. The third kappa shape index (κ3) is 5.98. The summed E-state index contributed by atoms with van der Waals surface area (Å²) in [5.74, 6) is -2.09. The Morgan fingerprint density at radius 2 is 1.66 bits per heavy atom. The van der Waals surface area contributed by atoms with Gasteiger partial charge >= 0.3 is 11.8 Å². The summed E-state index contributed by atoms with van der Waals surface area (Å²) >= 11 is 6.89. The van der Waals surface area contributed by atoms with E-state index in [0.29, 0.717) is 24.2 Å². The van der Waals surface area contributed by atoms with Crippen molar-refractivity contribution < 1.29 is 14.4 Å². The third-order valence-corrected chi connectivity index (χ3v) is 6.48. The van der Waals surface area contributed by atoms with Gasteiger partial charge in [-0.05, 0) is 76.8 Å². The quantitative estimate of drug-likeness (QED) is 0.268. The van der Waals surface area contributed by atoms with Crippen LogP contribution in [-0.2, 0) is 16.0 Å². The van der Waals surface area contributed by atoms with E-state index in [1.807, 2.05) is 55.5 Å². The lowest BCUT2D eigenvalue weighted by molar-refractivity contribution is -0.136. The molecule has 0 bridgehead atoms. The van der Waals surface area contributed by atoms with Gasteiger partial charge in [0.15, 0.2) is 0 Å². The number of carbonyl (C=O) groups excluding carboxylic acids is 3. The molecule has 9 heteroatoms. The Bertz CT molecular complexity index is 1420. The number of aromatic nitrogens is 1. The number of carbonyl (C=O) groups is 3. The molecule has 0 unspecified atom stereocenters. The second-order valence-corrected chi connectivity index (χ2v) is 9.71. The minimum atomic E-state index is -0.871. The predicted octanol–water partition coefficient (Wildman–Crippen LogP) is 5.16. The second-order valence-electron chi connectivity index (χ2n) is 7.94. The van der Waals surface area contributed by atoms with Gasteiger partial charge in [0.2, 0.25) is 0 Å². The van der Waals surface area contributed by atoms with Crippen LogP contribution in [0, 0.1) is 6.92 Å². The molecule has 0 aliphatic carbocycles. The van der Waals surface area contributed by atoms with Gasteiger partial charge in [-0.2, -0.15) is 0 Å². The SMILES string of the molecule is Cc1ccc(NC(=O)c2cc3cc(Br)ccc3n2NC(=O)C(=O)NCCc2ccccc2)c(Br)c1. The van der Waals surface area contributed by atoms with Gasteiger partial charge in [0, 0.05) is 20.9 Å². The zero-order valence-corrected chi connectivity index (χ0v) is 21.9. The summed E-state index contributed by atoms with van der Waals surface area (Å²) in [5.41, 5.74) is 6.00. The zero-order chi connectivity index (χ0) is 24.9. The van der Waals surface area contributed by atoms with Crippen molar-refractivity contribution in [2.24, 2.45) is 0 Å². The normalized spacial score (nSPS) is 10.7. The van der Waals surface area contributed by atoms with E-state index in [1.165, 1.54) is 4.68 Å². The van der Waals surface area contributed by atoms with Crippen LogP contribution in [0.3, 0.4) is 0 Å². The van der Waals surface area contributed by atoms with E-state index in [2.05, 4.69) is 47.9 Å². The van der Waals surface area contributed by atoms with Gasteiger partial charge in [0.05, 0.1) is 11.2 Å². The summed E-state index contributed by atoms with van der Waals surface area (Å²) < 4.78 is 2.89. The molecule has 0 fully saturated rings. The summed E-state index contributed by atoms with van der Waals surface area (Å²) in [4.78, 5) is 38.3. The number of anilines is 1. The number of hydrogen-bond acceptors (Lipinski definition) is 3. The fraction of sp³-hybridized carbons (Fsp3) is 0.115. The first-order valence-corrected chi connectivity index (χ1v) is 12.4. The highest BCUT2D eigenvalue weighted by Gasteiger charge is 2.21. The number of rotatable bonds is 6. The smallest absolute Gasteiger partial charge is 0.328 e. The van der Waals surface area contributed by atoms with Gasteiger partial charge in [-0.3, -0.25) is 19.8 Å². The topological polar surface area (TPSA) is 92.2 Å². The van der Waals surface area contributed by atoms with E-state index in [0.717, 1.165) is 25.5 Å². The molecule has 0 saturated carbocycles. The van der Waals surface area contributed by atoms with E-state index in [4.69, 9.17) is 0 Å². The van der Waals surface area contributed by atoms with Crippen LogP contribution in [0.25, 0.3) is 10.9 Å². The van der Waals surface area contributed by atoms with Crippen LogP contribution < -0.4 is 16.1 Å². The van der Waals surface area contributed by atoms with Crippen LogP contribution in [0.5, 0.6) is 0 Å². The highest BCUT2D eigenvalue weighted by molar-refractivity contribution is 9.10. The molecule has 7 nitrogen and oxygen atoms in total. The maximum Gasteiger partial charge on any atom is 0.328 e. The van der Waals surface area contributed by atoms with Crippen molar-refractivity contribution in [2.75, 3.05) is 17.3 Å². The molecule has 0 radical (unpaired) electrons. The molecule has 3 amide bonds. The van der Waals surface area contributed by atoms with Crippen molar-refractivity contribution in [3.05, 3.63) is 98.6 Å². The Hall–Kier alpha value is -3.43. The molecule has 35 heavy (non-hydrogen) atoms. The lowest BCUT2D eigenvalue weighted by Crippen LogP contribution is -2.40. The maximum atomic E-state index is 13.2. The van der Waals surface area contributed by atoms with Crippen LogP contribution in [0.4, 0.5) is 5.69 Å². The Labute approximate surface area is 219 Å². The van der Waals surface area contributed by atoms with Crippen molar-refractivity contribution >= 4 is 66.2 Å². The molecule has 3 aromatic carbocycles. The predicted molar refractivity (Wildman–Crippen MR) is 144 cm³/mol. The molecule has 0 atom stereocenters. The summed E-state index contributed by atoms with van der Waals surface area (Å²) in [6, 6.07) is 22.3. The van der Waals surface area contributed by atoms with Crippen LogP contribution in [0.1, 0.15) is 21.6 Å². The Balaban J connectivity index is 1.53. The van der Waals surface area contributed by atoms with Crippen molar-refractivity contribution in [2.45, 2.75) is 13.3 Å². The first-order chi connectivity index (χ1) is 16.8. The number of hydrogen-bond donors (Lipinski definition) is 3. The number of halogens is 2. The molecular weight excluding hydrogens is 576 g/mol. The molecule has 1 aromatic heterocycles. The standard InChI is InChI=1S/C26H22Br2N4O3/c1-16-7-9-21(20(28)13-16)30-24(33)23-15-18-14-19(27)8-10-22(18)32(23)31-26(35)25(34)29-12-11-17-5-3-2-4-6-17/h2-10,13-15H,11-12H2,1H3,(H,29,34)(H,30,33)(H,31,35). The molecule has 178 valence electrons. The van der Waals surface area contributed by atoms with Gasteiger partial charge in [0.1, 0.15) is 5.69 Å². The lowest BCUT2D eigenvalue weighted by Gasteiger charge is -2.13. The molecule has 4 aromatic rings. The highest BCUT2D eigenvalue weighted by atomic mass is 79.9. The van der Waals surface area contributed by atoms with Crippen LogP contribution in [-0.4, -0.2) is 28.9 Å². The molecule has 0 spiro atoms. The first kappa shape index (κ1) is 24.7. The fourth-order valence-electron chi connectivity index (χ4n) is 3.58. The van der Waals surface area contributed by atoms with Crippen molar-refractivity contribution in [3.63, 3.8) is 0 Å². The van der Waals surface area contributed by atoms with Crippen molar-refractivity contribution in [1.82, 2.24) is 9.99 Å². The second kappa shape index (κ2) is 10.9. The molecule has 4 rings (SSSR count). The average Bonchev–Trinajstić information content (AvgIpc) is 3.18. The van der Waals surface area contributed by atoms with Crippen molar-refractivity contribution in [3.8, 4) is 0 Å². The van der Waals surface area contributed by atoms with Crippen LogP contribution in [0.15, 0.2) is 81.7 Å². The number of aryl methyl sites for hydroxylation is 1. The Kier molecular flexibility index (Phi) is 7.67. The number of nitrogens with one attached hydrogen (secondary N) is 3. The summed E-state index contributed by atoms with van der Waals surface area (Å²) in [6.45, 7) is 2.26. The molecule has 3 N–H and O–H groups in total. The minimum absolute atomic E-state index is 0.177. The van der Waals surface area contributed by atoms with Gasteiger partial charge < -0.3 is 10.6 Å². The number of nitrogens with zero attached hydrogens (tertiary/aromatic N) is 1. The van der Waals surface area contributed by atoms with Gasteiger partial charge in [0.25, 0.3) is 5.91 Å². The maximum absolute atomic E-state index is 13.2. The van der Waals surface area contributed by atoms with E-state index >= 15 is 0 Å². The minimum Gasteiger partial charge on any atom is -0.347 e. The van der Waals surface area contributed by atoms with Crippen LogP contribution in [0.2, 0.25) is 0 Å². The van der Waals surface area contributed by atoms with E-state index in [1.54, 1.807) is 24.3 Å². The Morgan fingerprint density at radius 3 is 2.40 bits per heavy atom. The molecule has 0 aliphatic rings. The number of fused-ring (bicyclic) bond motifs is 1. The van der Waals surface area contributed by atoms with E-state index in [9.17, 15) is 14.4 Å². The highest BCUT2D eigenvalue weighted by Crippen LogP contribution is 2.26. The fourth-order valence-corrected chi connectivity index (χ4v) is 4.55. The van der Waals surface area contributed by atoms with Gasteiger partial charge in [-0.25, -0.2) is 4.68 Å². The molecule has 1 heterocycles. The zero-order valence-electron chi connectivity index (χ0n) is 18.8. The summed E-state index contributed by atoms with van der Waals surface area (Å²) in [7, 11) is 0. The number of amides is 3. The largest absolute Gasteiger partial charge is 0.347 e. The molecule has 0 aliphatic heterocycles. The lowest BCUT2D eigenvalue weighted by atomic mass is 10.1. The molecule has 0 saturated heterocycles. The van der Waals surface area contributed by atoms with Gasteiger partial charge in [-0.15, -0.1) is 0 Å². The first-order valence-electron chi connectivity index (χ1n) is 10.8. The van der Waals surface area contributed by atoms with Crippen LogP contribution >= 0.6 is 31.9 Å². The van der Waals surface area contributed by atoms with E-state index < -0.39 is 17.7 Å². The Morgan fingerprint density at radius 1 is 0.886 bits per heavy atom. The summed E-state index contributed by atoms with van der Waals surface area (Å²) in [6.07, 6.45) is 0.597. The van der Waals surface area contributed by atoms with Crippen molar-refractivity contribution in [1.29, 1.82) is 0 Å². The van der Waals surface area contributed by atoms with Gasteiger partial charge in [-0.1, -0.05) is 52.3 Å². The number of benzene rings is 3. The average molecular weight is 598 g/mol. The summed E-state index contributed by atoms with van der Waals surface area (Å²) in [5, 5.41) is 6.20.